The van der Waals surface area contributed by atoms with Gasteiger partial charge in [-0.1, -0.05) is 43.9 Å². The topological polar surface area (TPSA) is 4.93 Å². The molecule has 0 aliphatic rings. The van der Waals surface area contributed by atoms with Crippen LogP contribution in [0.15, 0.2) is 36.9 Å². The third kappa shape index (κ3) is 1.58. The van der Waals surface area contributed by atoms with Crippen molar-refractivity contribution in [2.24, 2.45) is 7.05 Å². The molecule has 1 nitrogen and oxygen atoms in total. The van der Waals surface area contributed by atoms with E-state index in [1.54, 1.807) is 0 Å². The molecule has 0 amide bonds. The van der Waals surface area contributed by atoms with Crippen molar-refractivity contribution in [3.63, 3.8) is 0 Å². The van der Waals surface area contributed by atoms with Gasteiger partial charge < -0.3 is 4.57 Å². The van der Waals surface area contributed by atoms with Crippen LogP contribution in [0.1, 0.15) is 13.3 Å². The van der Waals surface area contributed by atoms with E-state index in [0.717, 1.165) is 6.42 Å². The normalized spacial score (nSPS) is 13.6. The minimum absolute atomic E-state index is 1.05. The van der Waals surface area contributed by atoms with E-state index in [2.05, 4.69) is 61.5 Å². The summed E-state index contributed by atoms with van der Waals surface area (Å²) in [5.41, 5.74) is 1.27. The van der Waals surface area contributed by atoms with Gasteiger partial charge in [0.15, 0.2) is 0 Å². The molecule has 0 saturated heterocycles. The molecule has 1 heterocycles. The highest BCUT2D eigenvalue weighted by molar-refractivity contribution is 5.82. The van der Waals surface area contributed by atoms with E-state index in [-0.39, 0.29) is 0 Å². The van der Waals surface area contributed by atoms with Gasteiger partial charge in [0, 0.05) is 28.5 Å². The molecule has 0 spiro atoms. The molecule has 0 saturated carbocycles. The van der Waals surface area contributed by atoms with E-state index < -0.39 is 0 Å². The number of nitrogens with zero attached hydrogens (tertiary/aromatic N) is 1. The Kier molecular flexibility index (Phi) is 2.95. The van der Waals surface area contributed by atoms with Gasteiger partial charge in [0.1, 0.15) is 0 Å². The molecule has 16 heavy (non-hydrogen) atoms. The van der Waals surface area contributed by atoms with Crippen LogP contribution in [-0.2, 0) is 7.05 Å². The number of aryl methyl sites for hydroxylation is 1. The minimum atomic E-state index is 1.05. The molecule has 0 aliphatic carbocycles. The zero-order valence-corrected chi connectivity index (χ0v) is 9.90. The zero-order valence-electron chi connectivity index (χ0n) is 9.90. The molecule has 2 aromatic rings. The Labute approximate surface area is 96.0 Å². The molecule has 0 bridgehead atoms. The van der Waals surface area contributed by atoms with Crippen LogP contribution in [0.3, 0.4) is 0 Å². The summed E-state index contributed by atoms with van der Waals surface area (Å²) in [5.74, 6) is 0. The maximum absolute atomic E-state index is 3.79. The largest absolute Gasteiger partial charge is 0.344 e. The number of rotatable bonds is 2. The lowest BCUT2D eigenvalue weighted by molar-refractivity contribution is 0.925. The highest BCUT2D eigenvalue weighted by Crippen LogP contribution is 2.06. The molecule has 0 unspecified atom stereocenters. The predicted molar refractivity (Wildman–Crippen MR) is 71.6 cm³/mol. The molecule has 2 rings (SSSR count). The first-order chi connectivity index (χ1) is 7.79. The van der Waals surface area contributed by atoms with Crippen molar-refractivity contribution in [1.29, 1.82) is 0 Å². The quantitative estimate of drug-likeness (QED) is 0.718. The molecule has 0 radical (unpaired) electrons. The van der Waals surface area contributed by atoms with Crippen molar-refractivity contribution in [3.8, 4) is 0 Å². The van der Waals surface area contributed by atoms with E-state index in [9.17, 15) is 0 Å². The van der Waals surface area contributed by atoms with Crippen LogP contribution in [0.2, 0.25) is 0 Å². The SMILES string of the molecule is C=C/C=c1\c(=C/CC)c2ccccc2n1C. The Hall–Kier alpha value is -1.76. The summed E-state index contributed by atoms with van der Waals surface area (Å²) in [6, 6.07) is 8.50. The van der Waals surface area contributed by atoms with Crippen LogP contribution in [0.25, 0.3) is 23.1 Å². The van der Waals surface area contributed by atoms with E-state index in [0.29, 0.717) is 0 Å². The standard InChI is InChI=1S/C15H17N/c1-4-8-12-13-10-6-7-11-15(13)16(3)14(12)9-5-2/h5-11H,2,4H2,1,3H3/b12-8-,14-9+. The third-order valence-electron chi connectivity index (χ3n) is 2.88. The number of allylic oxidation sites excluding steroid dienone is 1. The Balaban J connectivity index is 3.04. The van der Waals surface area contributed by atoms with Gasteiger partial charge in [-0.25, -0.2) is 0 Å². The summed E-state index contributed by atoms with van der Waals surface area (Å²) in [4.78, 5) is 0. The van der Waals surface area contributed by atoms with Crippen molar-refractivity contribution in [2.45, 2.75) is 13.3 Å². The van der Waals surface area contributed by atoms with Crippen LogP contribution in [0.5, 0.6) is 0 Å². The number of para-hydroxylation sites is 1. The van der Waals surface area contributed by atoms with Crippen LogP contribution in [0, 0.1) is 0 Å². The van der Waals surface area contributed by atoms with Crippen molar-refractivity contribution >= 4 is 23.1 Å². The summed E-state index contributed by atoms with van der Waals surface area (Å²) in [6.45, 7) is 5.95. The molecular weight excluding hydrogens is 194 g/mol. The van der Waals surface area contributed by atoms with Crippen molar-refractivity contribution in [3.05, 3.63) is 47.5 Å². The molecular formula is C15H17N. The van der Waals surface area contributed by atoms with Crippen LogP contribution in [-0.4, -0.2) is 4.57 Å². The smallest absolute Gasteiger partial charge is 0.0488 e. The summed E-state index contributed by atoms with van der Waals surface area (Å²) >= 11 is 0. The number of benzene rings is 1. The maximum atomic E-state index is 3.79. The second-order valence-corrected chi connectivity index (χ2v) is 3.89. The fourth-order valence-corrected chi connectivity index (χ4v) is 2.17. The lowest BCUT2D eigenvalue weighted by Crippen LogP contribution is -2.27. The average Bonchev–Trinajstić information content (AvgIpc) is 2.57. The van der Waals surface area contributed by atoms with Crippen molar-refractivity contribution in [2.75, 3.05) is 0 Å². The van der Waals surface area contributed by atoms with E-state index in [1.807, 2.05) is 6.08 Å². The zero-order chi connectivity index (χ0) is 11.5. The number of hydrogen-bond donors (Lipinski definition) is 0. The Morgan fingerprint density at radius 1 is 1.31 bits per heavy atom. The Morgan fingerprint density at radius 3 is 2.75 bits per heavy atom. The predicted octanol–water partition coefficient (Wildman–Crippen LogP) is 2.34. The Morgan fingerprint density at radius 2 is 2.06 bits per heavy atom. The first-order valence-corrected chi connectivity index (χ1v) is 5.66. The lowest BCUT2D eigenvalue weighted by atomic mass is 10.2. The molecule has 0 fully saturated rings. The molecule has 1 aromatic carbocycles. The Bertz CT molecular complexity index is 629. The van der Waals surface area contributed by atoms with Gasteiger partial charge in [-0.05, 0) is 18.6 Å². The second-order valence-electron chi connectivity index (χ2n) is 3.89. The highest BCUT2D eigenvalue weighted by atomic mass is 14.9. The minimum Gasteiger partial charge on any atom is -0.344 e. The lowest BCUT2D eigenvalue weighted by Gasteiger charge is -1.94. The van der Waals surface area contributed by atoms with Crippen molar-refractivity contribution in [1.82, 2.24) is 4.57 Å². The van der Waals surface area contributed by atoms with E-state index in [4.69, 9.17) is 0 Å². The molecule has 0 N–H and O–H groups in total. The van der Waals surface area contributed by atoms with Gasteiger partial charge in [-0.3, -0.25) is 0 Å². The number of fused-ring (bicyclic) bond motifs is 1. The van der Waals surface area contributed by atoms with Gasteiger partial charge in [0.05, 0.1) is 0 Å². The second kappa shape index (κ2) is 4.40. The van der Waals surface area contributed by atoms with Crippen LogP contribution >= 0.6 is 0 Å². The molecule has 82 valence electrons. The first-order valence-electron chi connectivity index (χ1n) is 5.66. The summed E-state index contributed by atoms with van der Waals surface area (Å²) in [7, 11) is 2.10. The summed E-state index contributed by atoms with van der Waals surface area (Å²) < 4.78 is 2.22. The summed E-state index contributed by atoms with van der Waals surface area (Å²) in [5, 5.41) is 3.87. The molecule has 1 aromatic heterocycles. The van der Waals surface area contributed by atoms with Crippen LogP contribution in [0.4, 0.5) is 0 Å². The van der Waals surface area contributed by atoms with Crippen LogP contribution < -0.4 is 10.6 Å². The molecule has 0 atom stereocenters. The molecule has 1 heteroatoms. The van der Waals surface area contributed by atoms with Crippen molar-refractivity contribution < 1.29 is 0 Å². The van der Waals surface area contributed by atoms with Gasteiger partial charge in [0.25, 0.3) is 0 Å². The fourth-order valence-electron chi connectivity index (χ4n) is 2.17. The van der Waals surface area contributed by atoms with E-state index in [1.165, 1.54) is 21.5 Å². The first kappa shape index (κ1) is 10.7. The van der Waals surface area contributed by atoms with Gasteiger partial charge in [-0.2, -0.15) is 0 Å². The summed E-state index contributed by atoms with van der Waals surface area (Å²) in [6.07, 6.45) is 7.24. The maximum Gasteiger partial charge on any atom is 0.0488 e. The fraction of sp³-hybridized carbons (Fsp3) is 0.200. The highest BCUT2D eigenvalue weighted by Gasteiger charge is 2.01. The number of hydrogen-bond acceptors (Lipinski definition) is 0. The van der Waals surface area contributed by atoms with Gasteiger partial charge in [0.2, 0.25) is 0 Å². The third-order valence-corrected chi connectivity index (χ3v) is 2.88. The van der Waals surface area contributed by atoms with Gasteiger partial charge in [-0.15, -0.1) is 0 Å². The molecule has 0 aliphatic heterocycles. The van der Waals surface area contributed by atoms with E-state index >= 15 is 0 Å². The number of aromatic nitrogens is 1. The average molecular weight is 211 g/mol. The monoisotopic (exact) mass is 211 g/mol. The van der Waals surface area contributed by atoms with Gasteiger partial charge >= 0.3 is 0 Å².